The number of aromatic amines is 2. The molecule has 0 aliphatic heterocycles. The lowest BCUT2D eigenvalue weighted by Crippen LogP contribution is -2.27. The quantitative estimate of drug-likeness (QED) is 0.435. The van der Waals surface area contributed by atoms with E-state index in [4.69, 9.17) is 0 Å². The van der Waals surface area contributed by atoms with Crippen LogP contribution in [0.15, 0.2) is 63.1 Å². The third kappa shape index (κ3) is 3.09. The number of phenolic OH excluding ortho intramolecular Hbond substituents is 1. The molecule has 7 nitrogen and oxygen atoms in total. The lowest BCUT2D eigenvalue weighted by molar-refractivity contribution is 0.466. The number of nitrogens with one attached hydrogen (secondary N) is 2. The van der Waals surface area contributed by atoms with Crippen LogP contribution in [0.1, 0.15) is 5.56 Å². The summed E-state index contributed by atoms with van der Waals surface area (Å²) in [5, 5.41) is 23.7. The molecule has 1 aromatic heterocycles. The van der Waals surface area contributed by atoms with Crippen molar-refractivity contribution in [1.82, 2.24) is 10.2 Å². The molecule has 0 atom stereocenters. The molecule has 0 radical (unpaired) electrons. The number of nitrogens with zero attached hydrogens (tertiary/aromatic N) is 1. The first-order valence-electron chi connectivity index (χ1n) is 7.02. The van der Waals surface area contributed by atoms with Crippen LogP contribution in [-0.4, -0.2) is 26.6 Å². The van der Waals surface area contributed by atoms with Crippen LogP contribution in [0.25, 0.3) is 11.3 Å². The summed E-state index contributed by atoms with van der Waals surface area (Å²) < 4.78 is 0. The standard InChI is InChI=1S/C17H13N3O4/c21-13-7-1-10(2-8-13)9-18-12-5-3-11(4-6-12)14-15(22)16(23)17(24)20-19-14/h1-9,21H,(H,19,23)(H2,20,22,24). The number of aromatic nitrogens is 2. The van der Waals surface area contributed by atoms with Crippen molar-refractivity contribution in [2.75, 3.05) is 0 Å². The average Bonchev–Trinajstić information content (AvgIpc) is 2.60. The summed E-state index contributed by atoms with van der Waals surface area (Å²) in [7, 11) is 0. The van der Waals surface area contributed by atoms with Crippen LogP contribution in [0.4, 0.5) is 5.69 Å². The van der Waals surface area contributed by atoms with Crippen LogP contribution in [0, 0.1) is 0 Å². The van der Waals surface area contributed by atoms with Crippen molar-refractivity contribution >= 4 is 11.9 Å². The van der Waals surface area contributed by atoms with Crippen LogP contribution in [0.5, 0.6) is 11.5 Å². The maximum absolute atomic E-state index is 11.5. The van der Waals surface area contributed by atoms with E-state index in [2.05, 4.69) is 15.2 Å². The molecule has 120 valence electrons. The van der Waals surface area contributed by atoms with Gasteiger partial charge in [-0.3, -0.25) is 24.8 Å². The Bertz CT molecular complexity index is 1000. The van der Waals surface area contributed by atoms with Gasteiger partial charge in [0, 0.05) is 11.8 Å². The molecule has 0 saturated carbocycles. The lowest BCUT2D eigenvalue weighted by Gasteiger charge is -2.04. The zero-order valence-electron chi connectivity index (χ0n) is 12.4. The number of aromatic hydroxyl groups is 2. The Morgan fingerprint density at radius 1 is 0.875 bits per heavy atom. The van der Waals surface area contributed by atoms with Gasteiger partial charge < -0.3 is 10.2 Å². The summed E-state index contributed by atoms with van der Waals surface area (Å²) in [4.78, 5) is 26.9. The molecule has 4 N–H and O–H groups in total. The largest absolute Gasteiger partial charge is 0.508 e. The van der Waals surface area contributed by atoms with Gasteiger partial charge in [-0.25, -0.2) is 0 Å². The van der Waals surface area contributed by atoms with Crippen molar-refractivity contribution in [3.8, 4) is 22.8 Å². The molecule has 2 aromatic carbocycles. The zero-order chi connectivity index (χ0) is 17.1. The predicted octanol–water partition coefficient (Wildman–Crippen LogP) is 1.89. The van der Waals surface area contributed by atoms with Gasteiger partial charge in [-0.15, -0.1) is 0 Å². The molecular formula is C17H13N3O4. The monoisotopic (exact) mass is 323 g/mol. The SMILES string of the molecule is O=c1[nH][nH]c(-c2ccc(N=Cc3ccc(O)cc3)cc2)c(O)c1=O. The van der Waals surface area contributed by atoms with Gasteiger partial charge in [-0.05, 0) is 42.0 Å². The van der Waals surface area contributed by atoms with Gasteiger partial charge in [-0.1, -0.05) is 12.1 Å². The van der Waals surface area contributed by atoms with Crippen molar-refractivity contribution in [2.45, 2.75) is 0 Å². The first kappa shape index (κ1) is 15.3. The molecule has 0 spiro atoms. The molecule has 0 saturated heterocycles. The molecule has 1 heterocycles. The van der Waals surface area contributed by atoms with E-state index in [1.165, 1.54) is 0 Å². The van der Waals surface area contributed by atoms with Crippen LogP contribution in [-0.2, 0) is 0 Å². The molecule has 0 fully saturated rings. The number of benzene rings is 2. The number of hydrogen-bond acceptors (Lipinski definition) is 5. The highest BCUT2D eigenvalue weighted by atomic mass is 16.3. The first-order valence-corrected chi connectivity index (χ1v) is 7.02. The Labute approximate surface area is 135 Å². The number of phenols is 1. The second-order valence-electron chi connectivity index (χ2n) is 5.03. The van der Waals surface area contributed by atoms with E-state index in [1.54, 1.807) is 54.7 Å². The highest BCUT2D eigenvalue weighted by molar-refractivity contribution is 5.82. The van der Waals surface area contributed by atoms with E-state index in [0.717, 1.165) is 5.56 Å². The summed E-state index contributed by atoms with van der Waals surface area (Å²) in [6.45, 7) is 0. The zero-order valence-corrected chi connectivity index (χ0v) is 12.4. The van der Waals surface area contributed by atoms with Crippen molar-refractivity contribution in [1.29, 1.82) is 0 Å². The summed E-state index contributed by atoms with van der Waals surface area (Å²) in [5.41, 5.74) is 0.264. The first-order chi connectivity index (χ1) is 11.5. The molecule has 0 unspecified atom stereocenters. The Morgan fingerprint density at radius 3 is 2.21 bits per heavy atom. The molecule has 0 aliphatic rings. The van der Waals surface area contributed by atoms with Crippen LogP contribution >= 0.6 is 0 Å². The summed E-state index contributed by atoms with van der Waals surface area (Å²) in [5.74, 6) is -0.440. The van der Waals surface area contributed by atoms with E-state index in [1.807, 2.05) is 0 Å². The fraction of sp³-hybridized carbons (Fsp3) is 0. The third-order valence-electron chi connectivity index (χ3n) is 3.37. The maximum Gasteiger partial charge on any atom is 0.314 e. The van der Waals surface area contributed by atoms with Crippen LogP contribution in [0.3, 0.4) is 0 Å². The Balaban J connectivity index is 1.86. The van der Waals surface area contributed by atoms with E-state index >= 15 is 0 Å². The fourth-order valence-electron chi connectivity index (χ4n) is 2.09. The smallest absolute Gasteiger partial charge is 0.314 e. The molecule has 3 aromatic rings. The van der Waals surface area contributed by atoms with Crippen molar-refractivity contribution < 1.29 is 10.2 Å². The molecule has 7 heteroatoms. The molecule has 0 aliphatic carbocycles. The van der Waals surface area contributed by atoms with Crippen LogP contribution < -0.4 is 11.0 Å². The second-order valence-corrected chi connectivity index (χ2v) is 5.03. The fourth-order valence-corrected chi connectivity index (χ4v) is 2.09. The van der Waals surface area contributed by atoms with E-state index in [0.29, 0.717) is 11.3 Å². The minimum atomic E-state index is -0.988. The molecular weight excluding hydrogens is 310 g/mol. The number of hydrogen-bond donors (Lipinski definition) is 4. The molecule has 0 bridgehead atoms. The third-order valence-corrected chi connectivity index (χ3v) is 3.37. The van der Waals surface area contributed by atoms with Gasteiger partial charge in [0.15, 0.2) is 5.75 Å². The molecule has 3 rings (SSSR count). The Hall–Kier alpha value is -3.61. The van der Waals surface area contributed by atoms with Gasteiger partial charge in [0.05, 0.1) is 5.69 Å². The molecule has 24 heavy (non-hydrogen) atoms. The number of H-pyrrole nitrogens is 2. The van der Waals surface area contributed by atoms with Crippen molar-refractivity contribution in [3.63, 3.8) is 0 Å². The van der Waals surface area contributed by atoms with Crippen LogP contribution in [0.2, 0.25) is 0 Å². The molecule has 0 amide bonds. The predicted molar refractivity (Wildman–Crippen MR) is 90.1 cm³/mol. The Kier molecular flexibility index (Phi) is 3.98. The summed E-state index contributed by atoms with van der Waals surface area (Å²) in [6, 6.07) is 13.3. The van der Waals surface area contributed by atoms with Crippen molar-refractivity contribution in [2.24, 2.45) is 4.99 Å². The van der Waals surface area contributed by atoms with Gasteiger partial charge in [0.25, 0.3) is 5.43 Å². The normalized spacial score (nSPS) is 11.0. The number of aliphatic imine (C=N–C) groups is 1. The highest BCUT2D eigenvalue weighted by Gasteiger charge is 2.10. The minimum Gasteiger partial charge on any atom is -0.508 e. The van der Waals surface area contributed by atoms with Crippen molar-refractivity contribution in [3.05, 3.63) is 74.7 Å². The van der Waals surface area contributed by atoms with Gasteiger partial charge in [-0.2, -0.15) is 0 Å². The van der Waals surface area contributed by atoms with Gasteiger partial charge >= 0.3 is 5.56 Å². The van der Waals surface area contributed by atoms with E-state index in [9.17, 15) is 19.8 Å². The van der Waals surface area contributed by atoms with Gasteiger partial charge in [0.1, 0.15) is 11.4 Å². The maximum atomic E-state index is 11.5. The van der Waals surface area contributed by atoms with Gasteiger partial charge in [0.2, 0.25) is 0 Å². The topological polar surface area (TPSA) is 119 Å². The van der Waals surface area contributed by atoms with E-state index in [-0.39, 0.29) is 11.4 Å². The number of rotatable bonds is 3. The average molecular weight is 323 g/mol. The second kappa shape index (κ2) is 6.25. The van der Waals surface area contributed by atoms with E-state index < -0.39 is 16.7 Å². The summed E-state index contributed by atoms with van der Waals surface area (Å²) >= 11 is 0. The minimum absolute atomic E-state index is 0.133. The Morgan fingerprint density at radius 2 is 1.54 bits per heavy atom. The summed E-state index contributed by atoms with van der Waals surface area (Å²) in [6.07, 6.45) is 1.65. The lowest BCUT2D eigenvalue weighted by atomic mass is 10.1. The highest BCUT2D eigenvalue weighted by Crippen LogP contribution is 2.24.